The van der Waals surface area contributed by atoms with Crippen LogP contribution < -0.4 is 0 Å². The highest BCUT2D eigenvalue weighted by Crippen LogP contribution is 2.25. The fourth-order valence-electron chi connectivity index (χ4n) is 2.38. The van der Waals surface area contributed by atoms with Crippen LogP contribution in [0, 0.1) is 0 Å². The SMILES string of the molecule is CCCS(=O)(=O)N(CCBr)C1CCCCC1. The number of alkyl halides is 1. The standard InChI is InChI=1S/C11H22BrNO2S/c1-2-10-16(14,15)13(9-8-12)11-6-4-3-5-7-11/h11H,2-10H2,1H3. The summed E-state index contributed by atoms with van der Waals surface area (Å²) in [7, 11) is -3.03. The Kier molecular flexibility index (Phi) is 6.29. The molecule has 1 saturated carbocycles. The molecule has 0 bridgehead atoms. The zero-order chi connectivity index (χ0) is 12.0. The van der Waals surface area contributed by atoms with Crippen molar-refractivity contribution >= 4 is 26.0 Å². The van der Waals surface area contributed by atoms with Gasteiger partial charge in [0.2, 0.25) is 10.0 Å². The molecule has 0 aromatic heterocycles. The molecule has 5 heteroatoms. The van der Waals surface area contributed by atoms with E-state index in [4.69, 9.17) is 0 Å². The lowest BCUT2D eigenvalue weighted by atomic mass is 9.95. The summed E-state index contributed by atoms with van der Waals surface area (Å²) in [5.74, 6) is 0.288. The Morgan fingerprint density at radius 2 is 1.88 bits per heavy atom. The van der Waals surface area contributed by atoms with Gasteiger partial charge in [-0.15, -0.1) is 0 Å². The number of hydrogen-bond donors (Lipinski definition) is 0. The molecular formula is C11H22BrNO2S. The average molecular weight is 312 g/mol. The first kappa shape index (κ1) is 14.5. The second-order valence-corrected chi connectivity index (χ2v) is 7.24. The third-order valence-electron chi connectivity index (χ3n) is 3.11. The van der Waals surface area contributed by atoms with E-state index in [0.29, 0.717) is 13.0 Å². The minimum atomic E-state index is -3.03. The van der Waals surface area contributed by atoms with Crippen LogP contribution in [0.15, 0.2) is 0 Å². The van der Waals surface area contributed by atoms with Crippen molar-refractivity contribution in [1.82, 2.24) is 4.31 Å². The van der Waals surface area contributed by atoms with Crippen molar-refractivity contribution in [2.75, 3.05) is 17.6 Å². The van der Waals surface area contributed by atoms with E-state index in [9.17, 15) is 8.42 Å². The topological polar surface area (TPSA) is 37.4 Å². The van der Waals surface area contributed by atoms with Crippen LogP contribution in [0.3, 0.4) is 0 Å². The van der Waals surface area contributed by atoms with Crippen molar-refractivity contribution in [3.8, 4) is 0 Å². The van der Waals surface area contributed by atoms with Gasteiger partial charge in [0.1, 0.15) is 0 Å². The molecule has 1 aliphatic carbocycles. The molecule has 0 unspecified atom stereocenters. The first-order valence-corrected chi connectivity index (χ1v) is 8.90. The van der Waals surface area contributed by atoms with E-state index >= 15 is 0 Å². The lowest BCUT2D eigenvalue weighted by Crippen LogP contribution is -2.43. The Labute approximate surface area is 108 Å². The molecule has 0 saturated heterocycles. The highest BCUT2D eigenvalue weighted by atomic mass is 79.9. The molecule has 1 aliphatic rings. The summed E-state index contributed by atoms with van der Waals surface area (Å²) in [6, 6.07) is 0.253. The lowest BCUT2D eigenvalue weighted by Gasteiger charge is -2.33. The number of sulfonamides is 1. The van der Waals surface area contributed by atoms with Crippen LogP contribution in [0.4, 0.5) is 0 Å². The van der Waals surface area contributed by atoms with Crippen LogP contribution in [0.2, 0.25) is 0 Å². The second-order valence-electron chi connectivity index (χ2n) is 4.41. The molecule has 0 radical (unpaired) electrons. The largest absolute Gasteiger partial charge is 0.214 e. The van der Waals surface area contributed by atoms with Crippen molar-refractivity contribution < 1.29 is 8.42 Å². The third-order valence-corrected chi connectivity index (χ3v) is 5.58. The molecule has 0 aromatic carbocycles. The van der Waals surface area contributed by atoms with Gasteiger partial charge in [-0.1, -0.05) is 42.1 Å². The maximum atomic E-state index is 12.1. The van der Waals surface area contributed by atoms with Crippen LogP contribution in [-0.2, 0) is 10.0 Å². The summed E-state index contributed by atoms with van der Waals surface area (Å²) in [6.07, 6.45) is 6.38. The second kappa shape index (κ2) is 6.97. The molecule has 16 heavy (non-hydrogen) atoms. The highest BCUT2D eigenvalue weighted by Gasteiger charge is 2.29. The maximum Gasteiger partial charge on any atom is 0.214 e. The molecule has 0 amide bonds. The summed E-state index contributed by atoms with van der Waals surface area (Å²) >= 11 is 3.35. The van der Waals surface area contributed by atoms with Crippen molar-refractivity contribution in [2.24, 2.45) is 0 Å². The average Bonchev–Trinajstić information content (AvgIpc) is 2.27. The summed E-state index contributed by atoms with van der Waals surface area (Å²) in [6.45, 7) is 2.54. The van der Waals surface area contributed by atoms with Gasteiger partial charge in [0.15, 0.2) is 0 Å². The van der Waals surface area contributed by atoms with E-state index in [2.05, 4.69) is 15.9 Å². The molecule has 0 N–H and O–H groups in total. The Bertz CT molecular complexity index is 286. The zero-order valence-corrected chi connectivity index (χ0v) is 12.4. The van der Waals surface area contributed by atoms with Crippen LogP contribution in [0.1, 0.15) is 45.4 Å². The van der Waals surface area contributed by atoms with E-state index in [1.165, 1.54) is 19.3 Å². The Balaban J connectivity index is 2.72. The van der Waals surface area contributed by atoms with E-state index < -0.39 is 10.0 Å². The molecule has 0 atom stereocenters. The van der Waals surface area contributed by atoms with Gasteiger partial charge in [0, 0.05) is 17.9 Å². The first-order chi connectivity index (χ1) is 7.61. The maximum absolute atomic E-state index is 12.1. The predicted octanol–water partition coefficient (Wildman–Crippen LogP) is 2.76. The number of hydrogen-bond acceptors (Lipinski definition) is 2. The monoisotopic (exact) mass is 311 g/mol. The molecule has 0 spiro atoms. The van der Waals surface area contributed by atoms with Crippen LogP contribution in [0.5, 0.6) is 0 Å². The Morgan fingerprint density at radius 1 is 1.25 bits per heavy atom. The fourth-order valence-corrected chi connectivity index (χ4v) is 4.78. The fraction of sp³-hybridized carbons (Fsp3) is 1.00. The third kappa shape index (κ3) is 4.00. The minimum Gasteiger partial charge on any atom is -0.212 e. The molecule has 3 nitrogen and oxygen atoms in total. The van der Waals surface area contributed by atoms with E-state index in [0.717, 1.165) is 18.2 Å². The number of nitrogens with zero attached hydrogens (tertiary/aromatic N) is 1. The smallest absolute Gasteiger partial charge is 0.212 e. The molecule has 0 aliphatic heterocycles. The van der Waals surface area contributed by atoms with Gasteiger partial charge in [-0.05, 0) is 19.3 Å². The van der Waals surface area contributed by atoms with Crippen molar-refractivity contribution in [3.05, 3.63) is 0 Å². The van der Waals surface area contributed by atoms with E-state index in [1.807, 2.05) is 6.92 Å². The normalized spacial score (nSPS) is 19.2. The van der Waals surface area contributed by atoms with E-state index in [1.54, 1.807) is 4.31 Å². The highest BCUT2D eigenvalue weighted by molar-refractivity contribution is 9.09. The summed E-state index contributed by atoms with van der Waals surface area (Å²) in [4.78, 5) is 0. The van der Waals surface area contributed by atoms with Crippen LogP contribution in [0.25, 0.3) is 0 Å². The van der Waals surface area contributed by atoms with Gasteiger partial charge in [0.05, 0.1) is 5.75 Å². The molecule has 1 rings (SSSR count). The van der Waals surface area contributed by atoms with Crippen molar-refractivity contribution in [1.29, 1.82) is 0 Å². The van der Waals surface area contributed by atoms with E-state index in [-0.39, 0.29) is 11.8 Å². The van der Waals surface area contributed by atoms with Crippen LogP contribution >= 0.6 is 15.9 Å². The molecule has 0 aromatic rings. The van der Waals surface area contributed by atoms with Crippen LogP contribution in [-0.4, -0.2) is 36.4 Å². The van der Waals surface area contributed by atoms with Gasteiger partial charge >= 0.3 is 0 Å². The van der Waals surface area contributed by atoms with Gasteiger partial charge < -0.3 is 0 Å². The molecule has 96 valence electrons. The minimum absolute atomic E-state index is 0.253. The molecular weight excluding hydrogens is 290 g/mol. The predicted molar refractivity (Wildman–Crippen MR) is 71.5 cm³/mol. The molecule has 0 heterocycles. The summed E-state index contributed by atoms with van der Waals surface area (Å²) in [5.41, 5.74) is 0. The molecule has 1 fully saturated rings. The summed E-state index contributed by atoms with van der Waals surface area (Å²) in [5, 5.41) is 0.729. The lowest BCUT2D eigenvalue weighted by molar-refractivity contribution is 0.263. The van der Waals surface area contributed by atoms with Gasteiger partial charge in [-0.25, -0.2) is 8.42 Å². The van der Waals surface area contributed by atoms with Gasteiger partial charge in [-0.2, -0.15) is 4.31 Å². The van der Waals surface area contributed by atoms with Crippen molar-refractivity contribution in [3.63, 3.8) is 0 Å². The Morgan fingerprint density at radius 3 is 2.38 bits per heavy atom. The summed E-state index contributed by atoms with van der Waals surface area (Å²) < 4.78 is 26.0. The first-order valence-electron chi connectivity index (χ1n) is 6.17. The quantitative estimate of drug-likeness (QED) is 0.707. The van der Waals surface area contributed by atoms with Gasteiger partial charge in [0.25, 0.3) is 0 Å². The number of halogens is 1. The van der Waals surface area contributed by atoms with Gasteiger partial charge in [-0.3, -0.25) is 0 Å². The number of rotatable bonds is 6. The zero-order valence-electron chi connectivity index (χ0n) is 9.99. The van der Waals surface area contributed by atoms with Crippen molar-refractivity contribution in [2.45, 2.75) is 51.5 Å². The Hall–Kier alpha value is 0.390.